The highest BCUT2D eigenvalue weighted by molar-refractivity contribution is 7.98. The normalized spacial score (nSPS) is 17.6. The van der Waals surface area contributed by atoms with E-state index >= 15 is 0 Å². The molecular formula is C16H26N4OS. The number of nitrogens with zero attached hydrogens (tertiary/aromatic N) is 3. The van der Waals surface area contributed by atoms with E-state index in [0.717, 1.165) is 36.8 Å². The lowest BCUT2D eigenvalue weighted by Gasteiger charge is -2.32. The van der Waals surface area contributed by atoms with Crippen LogP contribution in [0.15, 0.2) is 17.4 Å². The van der Waals surface area contributed by atoms with Crippen LogP contribution in [0.3, 0.4) is 0 Å². The van der Waals surface area contributed by atoms with E-state index in [1.54, 1.807) is 24.2 Å². The van der Waals surface area contributed by atoms with Crippen molar-refractivity contribution >= 4 is 23.5 Å². The van der Waals surface area contributed by atoms with Crippen molar-refractivity contribution in [3.63, 3.8) is 0 Å². The molecule has 2 rings (SSSR count). The third kappa shape index (κ3) is 4.35. The monoisotopic (exact) mass is 322 g/mol. The minimum Gasteiger partial charge on any atom is -0.355 e. The summed E-state index contributed by atoms with van der Waals surface area (Å²) >= 11 is 1.60. The predicted octanol–water partition coefficient (Wildman–Crippen LogP) is 2.58. The molecule has 1 aromatic heterocycles. The Morgan fingerprint density at radius 2 is 2.00 bits per heavy atom. The lowest BCUT2D eigenvalue weighted by atomic mass is 9.95. The van der Waals surface area contributed by atoms with Gasteiger partial charge in [0.05, 0.1) is 12.4 Å². The van der Waals surface area contributed by atoms with Gasteiger partial charge in [-0.05, 0) is 31.9 Å². The van der Waals surface area contributed by atoms with Crippen LogP contribution >= 0.6 is 11.8 Å². The SMILES string of the molecule is CSc1cncc(N2CCC(C(=O)NC(C)C(C)C)CC2)n1. The molecule has 22 heavy (non-hydrogen) atoms. The summed E-state index contributed by atoms with van der Waals surface area (Å²) in [6.07, 6.45) is 7.34. The van der Waals surface area contributed by atoms with Gasteiger partial charge in [-0.2, -0.15) is 0 Å². The maximum atomic E-state index is 12.3. The van der Waals surface area contributed by atoms with Crippen molar-refractivity contribution in [2.75, 3.05) is 24.2 Å². The Morgan fingerprint density at radius 1 is 1.32 bits per heavy atom. The lowest BCUT2D eigenvalue weighted by Crippen LogP contribution is -2.44. The molecular weight excluding hydrogens is 296 g/mol. The number of thioether (sulfide) groups is 1. The highest BCUT2D eigenvalue weighted by atomic mass is 32.2. The fourth-order valence-electron chi connectivity index (χ4n) is 2.47. The van der Waals surface area contributed by atoms with E-state index in [0.29, 0.717) is 5.92 Å². The second kappa shape index (κ2) is 7.81. The molecule has 1 unspecified atom stereocenters. The van der Waals surface area contributed by atoms with Gasteiger partial charge in [-0.15, -0.1) is 11.8 Å². The molecule has 0 bridgehead atoms. The Hall–Kier alpha value is -1.30. The molecule has 0 aliphatic carbocycles. The second-order valence-electron chi connectivity index (χ2n) is 6.22. The van der Waals surface area contributed by atoms with Gasteiger partial charge < -0.3 is 10.2 Å². The predicted molar refractivity (Wildman–Crippen MR) is 91.2 cm³/mol. The number of carbonyl (C=O) groups is 1. The number of carbonyl (C=O) groups excluding carboxylic acids is 1. The number of piperidine rings is 1. The zero-order valence-corrected chi connectivity index (χ0v) is 14.7. The van der Waals surface area contributed by atoms with Crippen LogP contribution in [-0.2, 0) is 4.79 Å². The minimum atomic E-state index is 0.120. The molecule has 122 valence electrons. The Balaban J connectivity index is 1.88. The minimum absolute atomic E-state index is 0.120. The topological polar surface area (TPSA) is 58.1 Å². The first-order valence-electron chi connectivity index (χ1n) is 7.92. The molecule has 1 fully saturated rings. The number of hydrogen-bond acceptors (Lipinski definition) is 5. The number of rotatable bonds is 5. The van der Waals surface area contributed by atoms with Gasteiger partial charge in [0.1, 0.15) is 10.8 Å². The molecule has 1 atom stereocenters. The molecule has 6 heteroatoms. The summed E-state index contributed by atoms with van der Waals surface area (Å²) in [5.41, 5.74) is 0. The molecule has 0 aromatic carbocycles. The summed E-state index contributed by atoms with van der Waals surface area (Å²) in [4.78, 5) is 23.3. The third-order valence-electron chi connectivity index (χ3n) is 4.37. The summed E-state index contributed by atoms with van der Waals surface area (Å²) in [6, 6.07) is 0.231. The molecule has 1 aliphatic heterocycles. The second-order valence-corrected chi connectivity index (χ2v) is 7.05. The Morgan fingerprint density at radius 3 is 2.59 bits per heavy atom. The van der Waals surface area contributed by atoms with Gasteiger partial charge in [0.25, 0.3) is 0 Å². The smallest absolute Gasteiger partial charge is 0.223 e. The molecule has 1 amide bonds. The molecule has 0 radical (unpaired) electrons. The average Bonchev–Trinajstić information content (AvgIpc) is 2.54. The van der Waals surface area contributed by atoms with Crippen molar-refractivity contribution in [2.24, 2.45) is 11.8 Å². The Bertz CT molecular complexity index is 501. The zero-order valence-electron chi connectivity index (χ0n) is 13.9. The van der Waals surface area contributed by atoms with Gasteiger partial charge in [0.15, 0.2) is 0 Å². The van der Waals surface area contributed by atoms with Gasteiger partial charge in [-0.3, -0.25) is 9.78 Å². The van der Waals surface area contributed by atoms with E-state index in [1.165, 1.54) is 0 Å². The fourth-order valence-corrected chi connectivity index (χ4v) is 2.82. The van der Waals surface area contributed by atoms with Crippen LogP contribution in [0.25, 0.3) is 0 Å². The van der Waals surface area contributed by atoms with E-state index in [1.807, 2.05) is 6.26 Å². The van der Waals surface area contributed by atoms with Gasteiger partial charge >= 0.3 is 0 Å². The molecule has 2 heterocycles. The number of nitrogens with one attached hydrogen (secondary N) is 1. The zero-order chi connectivity index (χ0) is 16.1. The van der Waals surface area contributed by atoms with E-state index in [9.17, 15) is 4.79 Å². The van der Waals surface area contributed by atoms with Crippen LogP contribution in [0, 0.1) is 11.8 Å². The van der Waals surface area contributed by atoms with Gasteiger partial charge in [-0.1, -0.05) is 13.8 Å². The average molecular weight is 322 g/mol. The highest BCUT2D eigenvalue weighted by Crippen LogP contribution is 2.23. The third-order valence-corrected chi connectivity index (χ3v) is 4.98. The quantitative estimate of drug-likeness (QED) is 0.844. The van der Waals surface area contributed by atoms with Crippen LogP contribution in [0.5, 0.6) is 0 Å². The van der Waals surface area contributed by atoms with E-state index in [2.05, 4.69) is 41.0 Å². The van der Waals surface area contributed by atoms with Crippen molar-refractivity contribution in [1.82, 2.24) is 15.3 Å². The molecule has 1 aliphatic rings. The fraction of sp³-hybridized carbons (Fsp3) is 0.688. The molecule has 0 saturated carbocycles. The maximum Gasteiger partial charge on any atom is 0.223 e. The first kappa shape index (κ1) is 17.1. The lowest BCUT2D eigenvalue weighted by molar-refractivity contribution is -0.126. The van der Waals surface area contributed by atoms with Crippen molar-refractivity contribution in [1.29, 1.82) is 0 Å². The number of hydrogen-bond donors (Lipinski definition) is 1. The first-order chi connectivity index (χ1) is 10.5. The number of amides is 1. The van der Waals surface area contributed by atoms with Crippen molar-refractivity contribution in [2.45, 2.75) is 44.7 Å². The molecule has 0 spiro atoms. The molecule has 5 nitrogen and oxygen atoms in total. The summed E-state index contributed by atoms with van der Waals surface area (Å²) in [5, 5.41) is 4.07. The summed E-state index contributed by atoms with van der Waals surface area (Å²) in [7, 11) is 0. The Labute approximate surface area is 137 Å². The van der Waals surface area contributed by atoms with Crippen LogP contribution in [0.1, 0.15) is 33.6 Å². The maximum absolute atomic E-state index is 12.3. The van der Waals surface area contributed by atoms with Gasteiger partial charge in [-0.25, -0.2) is 4.98 Å². The van der Waals surface area contributed by atoms with Gasteiger partial charge in [0.2, 0.25) is 5.91 Å². The molecule has 1 N–H and O–H groups in total. The van der Waals surface area contributed by atoms with Crippen molar-refractivity contribution in [3.8, 4) is 0 Å². The molecule has 1 aromatic rings. The first-order valence-corrected chi connectivity index (χ1v) is 9.15. The van der Waals surface area contributed by atoms with Crippen LogP contribution in [0.4, 0.5) is 5.82 Å². The number of anilines is 1. The standard InChI is InChI=1S/C16H26N4OS/c1-11(2)12(3)18-16(21)13-5-7-20(8-6-13)14-9-17-10-15(19-14)22-4/h9-13H,5-8H2,1-4H3,(H,18,21). The van der Waals surface area contributed by atoms with Gasteiger partial charge in [0, 0.05) is 25.0 Å². The summed E-state index contributed by atoms with van der Waals surface area (Å²) in [5.74, 6) is 1.70. The van der Waals surface area contributed by atoms with Crippen LogP contribution in [-0.4, -0.2) is 41.3 Å². The summed E-state index contributed by atoms with van der Waals surface area (Å²) < 4.78 is 0. The summed E-state index contributed by atoms with van der Waals surface area (Å²) in [6.45, 7) is 8.05. The number of aromatic nitrogens is 2. The van der Waals surface area contributed by atoms with E-state index < -0.39 is 0 Å². The van der Waals surface area contributed by atoms with Crippen LogP contribution < -0.4 is 10.2 Å². The van der Waals surface area contributed by atoms with E-state index in [4.69, 9.17) is 0 Å². The van der Waals surface area contributed by atoms with E-state index in [-0.39, 0.29) is 17.9 Å². The van der Waals surface area contributed by atoms with Crippen molar-refractivity contribution in [3.05, 3.63) is 12.4 Å². The Kier molecular flexibility index (Phi) is 6.06. The van der Waals surface area contributed by atoms with Crippen LogP contribution in [0.2, 0.25) is 0 Å². The van der Waals surface area contributed by atoms with Crippen molar-refractivity contribution < 1.29 is 4.79 Å². The molecule has 1 saturated heterocycles. The largest absolute Gasteiger partial charge is 0.355 e. The highest BCUT2D eigenvalue weighted by Gasteiger charge is 2.26.